The summed E-state index contributed by atoms with van der Waals surface area (Å²) in [5.41, 5.74) is 0.526. The highest BCUT2D eigenvalue weighted by Crippen LogP contribution is 2.47. The van der Waals surface area contributed by atoms with E-state index in [0.717, 1.165) is 43.4 Å². The fraction of sp³-hybridized carbons (Fsp3) is 0.559. The average Bonchev–Trinajstić information content (AvgIpc) is 3.14. The van der Waals surface area contributed by atoms with E-state index in [0.29, 0.717) is 30.7 Å². The molecule has 1 amide bonds. The van der Waals surface area contributed by atoms with Crippen molar-refractivity contribution in [1.82, 2.24) is 4.90 Å². The summed E-state index contributed by atoms with van der Waals surface area (Å²) in [6.07, 6.45) is 0.879. The number of benzene rings is 2. The molecule has 1 aliphatic heterocycles. The third kappa shape index (κ3) is 7.28. The maximum absolute atomic E-state index is 13.9. The first-order valence-electron chi connectivity index (χ1n) is 14.7. The lowest BCUT2D eigenvalue weighted by Gasteiger charge is -2.44. The highest BCUT2D eigenvalue weighted by atomic mass is 19.4. The van der Waals surface area contributed by atoms with Gasteiger partial charge >= 0.3 is 6.18 Å². The molecule has 4 rings (SSSR count). The fourth-order valence-corrected chi connectivity index (χ4v) is 6.11. The molecule has 0 aromatic heterocycles. The first-order valence-corrected chi connectivity index (χ1v) is 14.7. The summed E-state index contributed by atoms with van der Waals surface area (Å²) in [6.45, 7) is 13.4. The normalized spacial score (nSPS) is 21.9. The summed E-state index contributed by atoms with van der Waals surface area (Å²) in [6, 6.07) is 12.3. The topological polar surface area (TPSA) is 49.7 Å². The molecule has 0 unspecified atom stereocenters. The molecule has 41 heavy (non-hydrogen) atoms. The van der Waals surface area contributed by atoms with E-state index in [1.807, 2.05) is 24.3 Å². The molecule has 0 atom stereocenters. The van der Waals surface area contributed by atoms with Crippen LogP contribution in [0, 0.1) is 16.7 Å². The van der Waals surface area contributed by atoms with Crippen LogP contribution in [-0.4, -0.2) is 28.0 Å². The monoisotopic (exact) mass is 568 g/mol. The predicted octanol–water partition coefficient (Wildman–Crippen LogP) is 8.87. The molecule has 1 spiro atoms. The van der Waals surface area contributed by atoms with Gasteiger partial charge in [0.2, 0.25) is 0 Å². The zero-order valence-corrected chi connectivity index (χ0v) is 25.2. The molecule has 1 aliphatic carbocycles. The van der Waals surface area contributed by atoms with Gasteiger partial charge in [0.25, 0.3) is 5.91 Å². The van der Waals surface area contributed by atoms with Crippen LogP contribution >= 0.6 is 0 Å². The maximum atomic E-state index is 13.9. The smallest absolute Gasteiger partial charge is 0.308 e. The molecule has 2 aliphatic rings. The number of hydrogen-bond acceptors (Lipinski definition) is 3. The van der Waals surface area contributed by atoms with Crippen molar-refractivity contribution >= 4 is 17.4 Å². The van der Waals surface area contributed by atoms with E-state index in [1.54, 1.807) is 4.90 Å². The standard InChI is InChI=1S/C34H43F3N2O2/c1-31(2,3)18-8-11-28(40)24-14-12-23(13-15-24)22-39-30(41)29(25-9-7-10-27(21-25)34(35,36)37)38-33(39)19-16-26(17-20-33)32(4,5)6/h7,9-10,12-15,21,26H,8,11,16-20,22H2,1-6H3. The van der Waals surface area contributed by atoms with Crippen LogP contribution in [0.5, 0.6) is 0 Å². The molecule has 0 N–H and O–H groups in total. The Kier molecular flexibility index (Phi) is 8.60. The van der Waals surface area contributed by atoms with Crippen molar-refractivity contribution in [3.63, 3.8) is 0 Å². The summed E-state index contributed by atoms with van der Waals surface area (Å²) < 4.78 is 40.4. The molecule has 2 aromatic carbocycles. The average molecular weight is 569 g/mol. The number of carbonyl (C=O) groups excluding carboxylic acids is 2. The van der Waals surface area contributed by atoms with Crippen LogP contribution in [-0.2, 0) is 17.5 Å². The minimum atomic E-state index is -4.51. The quantitative estimate of drug-likeness (QED) is 0.313. The number of hydrogen-bond donors (Lipinski definition) is 0. The van der Waals surface area contributed by atoms with Gasteiger partial charge in [0.1, 0.15) is 11.4 Å². The Hall–Kier alpha value is -2.96. The van der Waals surface area contributed by atoms with Crippen molar-refractivity contribution in [2.24, 2.45) is 21.7 Å². The number of amides is 1. The van der Waals surface area contributed by atoms with Crippen molar-refractivity contribution in [2.45, 2.75) is 105 Å². The molecule has 1 fully saturated rings. The van der Waals surface area contributed by atoms with Crippen LogP contribution in [0.4, 0.5) is 13.2 Å². The minimum absolute atomic E-state index is 0.0935. The highest BCUT2D eigenvalue weighted by Gasteiger charge is 2.50. The Labute approximate surface area is 242 Å². The van der Waals surface area contributed by atoms with Gasteiger partial charge in [0.05, 0.1) is 5.56 Å². The molecule has 1 heterocycles. The number of alkyl halides is 3. The van der Waals surface area contributed by atoms with Gasteiger partial charge in [-0.25, -0.2) is 0 Å². The van der Waals surface area contributed by atoms with Gasteiger partial charge in [-0.3, -0.25) is 14.6 Å². The molecule has 7 heteroatoms. The SMILES string of the molecule is CC(C)(C)CCCC(=O)c1ccc(CN2C(=O)C(c3cccc(C(F)(F)F)c3)=NC23CCC(C(C)(C)C)CC3)cc1. The van der Waals surface area contributed by atoms with Crippen molar-refractivity contribution in [1.29, 1.82) is 0 Å². The van der Waals surface area contributed by atoms with Crippen molar-refractivity contribution in [2.75, 3.05) is 0 Å². The van der Waals surface area contributed by atoms with E-state index in [2.05, 4.69) is 41.5 Å². The number of carbonyl (C=O) groups is 2. The number of ketones is 1. The van der Waals surface area contributed by atoms with E-state index in [4.69, 9.17) is 4.99 Å². The Balaban J connectivity index is 1.58. The minimum Gasteiger partial charge on any atom is -0.308 e. The molecule has 222 valence electrons. The van der Waals surface area contributed by atoms with Crippen molar-refractivity contribution < 1.29 is 22.8 Å². The van der Waals surface area contributed by atoms with Crippen LogP contribution in [0.15, 0.2) is 53.5 Å². The van der Waals surface area contributed by atoms with Gasteiger partial charge in [-0.2, -0.15) is 13.2 Å². The Morgan fingerprint density at radius 3 is 2.17 bits per heavy atom. The van der Waals surface area contributed by atoms with E-state index in [-0.39, 0.29) is 40.3 Å². The van der Waals surface area contributed by atoms with Crippen LogP contribution in [0.1, 0.15) is 114 Å². The lowest BCUT2D eigenvalue weighted by molar-refractivity contribution is -0.137. The van der Waals surface area contributed by atoms with E-state index in [1.165, 1.54) is 12.1 Å². The molecular weight excluding hydrogens is 525 g/mol. The molecule has 2 aromatic rings. The van der Waals surface area contributed by atoms with Gasteiger partial charge in [0, 0.05) is 24.1 Å². The van der Waals surface area contributed by atoms with Crippen LogP contribution in [0.2, 0.25) is 0 Å². The van der Waals surface area contributed by atoms with Gasteiger partial charge in [0.15, 0.2) is 5.78 Å². The third-order valence-electron chi connectivity index (χ3n) is 8.69. The van der Waals surface area contributed by atoms with E-state index >= 15 is 0 Å². The molecule has 0 bridgehead atoms. The predicted molar refractivity (Wildman–Crippen MR) is 157 cm³/mol. The second-order valence-electron chi connectivity index (χ2n) is 14.1. The first-order chi connectivity index (χ1) is 19.0. The third-order valence-corrected chi connectivity index (χ3v) is 8.69. The zero-order chi connectivity index (χ0) is 30.2. The first kappa shape index (κ1) is 31.0. The van der Waals surface area contributed by atoms with Crippen LogP contribution in [0.25, 0.3) is 0 Å². The molecule has 1 saturated carbocycles. The number of rotatable bonds is 7. The Morgan fingerprint density at radius 2 is 1.61 bits per heavy atom. The number of nitrogens with zero attached hydrogens (tertiary/aromatic N) is 2. The summed E-state index contributed by atoms with van der Waals surface area (Å²) in [7, 11) is 0. The van der Waals surface area contributed by atoms with Gasteiger partial charge in [-0.15, -0.1) is 0 Å². The van der Waals surface area contributed by atoms with Gasteiger partial charge in [-0.05, 0) is 73.0 Å². The van der Waals surface area contributed by atoms with Crippen molar-refractivity contribution in [3.8, 4) is 0 Å². The van der Waals surface area contributed by atoms with E-state index < -0.39 is 17.4 Å². The fourth-order valence-electron chi connectivity index (χ4n) is 6.11. The summed E-state index contributed by atoms with van der Waals surface area (Å²) >= 11 is 0. The second-order valence-corrected chi connectivity index (χ2v) is 14.1. The van der Waals surface area contributed by atoms with Crippen molar-refractivity contribution in [3.05, 3.63) is 70.8 Å². The Morgan fingerprint density at radius 1 is 0.976 bits per heavy atom. The lowest BCUT2D eigenvalue weighted by Crippen LogP contribution is -2.49. The molecule has 4 nitrogen and oxygen atoms in total. The molecule has 0 saturated heterocycles. The largest absolute Gasteiger partial charge is 0.416 e. The Bertz CT molecular complexity index is 1290. The highest BCUT2D eigenvalue weighted by molar-refractivity contribution is 6.46. The van der Waals surface area contributed by atoms with Gasteiger partial charge in [-0.1, -0.05) is 77.9 Å². The lowest BCUT2D eigenvalue weighted by atomic mass is 9.69. The summed E-state index contributed by atoms with van der Waals surface area (Å²) in [5.74, 6) is 0.229. The summed E-state index contributed by atoms with van der Waals surface area (Å²) in [5, 5.41) is 0. The maximum Gasteiger partial charge on any atom is 0.416 e. The number of aliphatic imine (C=N–C) groups is 1. The molecule has 0 radical (unpaired) electrons. The zero-order valence-electron chi connectivity index (χ0n) is 25.2. The summed E-state index contributed by atoms with van der Waals surface area (Å²) in [4.78, 5) is 33.3. The van der Waals surface area contributed by atoms with E-state index in [9.17, 15) is 22.8 Å². The van der Waals surface area contributed by atoms with Gasteiger partial charge < -0.3 is 4.90 Å². The number of Topliss-reactive ketones (excluding diaryl/α,β-unsaturated/α-hetero) is 1. The molecular formula is C34H43F3N2O2. The number of halogens is 3. The van der Waals surface area contributed by atoms with Crippen LogP contribution < -0.4 is 0 Å². The van der Waals surface area contributed by atoms with Crippen LogP contribution in [0.3, 0.4) is 0 Å². The second kappa shape index (κ2) is 11.4.